The summed E-state index contributed by atoms with van der Waals surface area (Å²) < 4.78 is 3.72. The summed E-state index contributed by atoms with van der Waals surface area (Å²) in [6, 6.07) is 0. The molecule has 0 saturated carbocycles. The molecular weight excluding hydrogens is 198 g/mol. The molecule has 0 radical (unpaired) electrons. The zero-order valence-corrected chi connectivity index (χ0v) is 8.70. The number of imidazole rings is 1. The van der Waals surface area contributed by atoms with Crippen molar-refractivity contribution in [3.05, 3.63) is 39.5 Å². The van der Waals surface area contributed by atoms with Gasteiger partial charge in [-0.15, -0.1) is 0 Å². The fourth-order valence-corrected chi connectivity index (χ4v) is 1.93. The molecular formula is C9H11N3OS. The first-order valence-corrected chi connectivity index (χ1v) is 5.32. The van der Waals surface area contributed by atoms with Crippen LogP contribution in [-0.4, -0.2) is 14.1 Å². The summed E-state index contributed by atoms with van der Waals surface area (Å²) in [5, 5.41) is 1.80. The normalized spacial score (nSPS) is 10.6. The molecule has 0 unspecified atom stereocenters. The van der Waals surface area contributed by atoms with Crippen molar-refractivity contribution in [3.8, 4) is 0 Å². The molecule has 2 rings (SSSR count). The van der Waals surface area contributed by atoms with Crippen LogP contribution in [0.4, 0.5) is 0 Å². The number of thiazole rings is 1. The predicted molar refractivity (Wildman–Crippen MR) is 55.6 cm³/mol. The Labute approximate surface area is 85.5 Å². The maximum absolute atomic E-state index is 11.3. The first kappa shape index (κ1) is 9.21. The molecule has 2 aromatic rings. The van der Waals surface area contributed by atoms with Gasteiger partial charge in [0.2, 0.25) is 0 Å². The third-order valence-corrected chi connectivity index (χ3v) is 2.81. The molecule has 0 saturated heterocycles. The lowest BCUT2D eigenvalue weighted by Gasteiger charge is -2.04. The van der Waals surface area contributed by atoms with Crippen molar-refractivity contribution in [2.45, 2.75) is 20.0 Å². The van der Waals surface area contributed by atoms with E-state index in [9.17, 15) is 4.79 Å². The Morgan fingerprint density at radius 1 is 1.50 bits per heavy atom. The molecule has 0 spiro atoms. The second kappa shape index (κ2) is 3.79. The summed E-state index contributed by atoms with van der Waals surface area (Å²) in [7, 11) is 0. The molecule has 2 aromatic heterocycles. The average Bonchev–Trinajstić information content (AvgIpc) is 2.77. The van der Waals surface area contributed by atoms with Crippen LogP contribution in [0.1, 0.15) is 12.6 Å². The van der Waals surface area contributed by atoms with Gasteiger partial charge >= 0.3 is 4.87 Å². The van der Waals surface area contributed by atoms with Gasteiger partial charge in [-0.1, -0.05) is 11.3 Å². The van der Waals surface area contributed by atoms with Crippen LogP contribution in [0.15, 0.2) is 28.9 Å². The van der Waals surface area contributed by atoms with Crippen LogP contribution in [-0.2, 0) is 13.1 Å². The maximum atomic E-state index is 11.3. The van der Waals surface area contributed by atoms with Gasteiger partial charge in [-0.05, 0) is 6.92 Å². The van der Waals surface area contributed by atoms with Gasteiger partial charge in [0, 0.05) is 24.3 Å². The number of hydrogen-bond donors (Lipinski definition) is 0. The SMILES string of the molecule is CCn1cncc1Cn1ccsc1=O. The Hall–Kier alpha value is -1.36. The maximum Gasteiger partial charge on any atom is 0.307 e. The van der Waals surface area contributed by atoms with E-state index in [0.29, 0.717) is 6.54 Å². The summed E-state index contributed by atoms with van der Waals surface area (Å²) in [6.07, 6.45) is 5.39. The van der Waals surface area contributed by atoms with E-state index in [1.165, 1.54) is 11.3 Å². The quantitative estimate of drug-likeness (QED) is 0.761. The molecule has 0 aliphatic rings. The Morgan fingerprint density at radius 2 is 2.36 bits per heavy atom. The van der Waals surface area contributed by atoms with Crippen LogP contribution in [0, 0.1) is 0 Å². The molecule has 0 atom stereocenters. The fraction of sp³-hybridized carbons (Fsp3) is 0.333. The van der Waals surface area contributed by atoms with E-state index in [4.69, 9.17) is 0 Å². The molecule has 5 heteroatoms. The van der Waals surface area contributed by atoms with Crippen molar-refractivity contribution in [2.75, 3.05) is 0 Å². The molecule has 0 fully saturated rings. The minimum Gasteiger partial charge on any atom is -0.333 e. The lowest BCUT2D eigenvalue weighted by Crippen LogP contribution is -2.14. The third kappa shape index (κ3) is 1.63. The molecule has 0 amide bonds. The van der Waals surface area contributed by atoms with Crippen LogP contribution in [0.3, 0.4) is 0 Å². The molecule has 2 heterocycles. The van der Waals surface area contributed by atoms with Crippen LogP contribution >= 0.6 is 11.3 Å². The number of aryl methyl sites for hydroxylation is 1. The highest BCUT2D eigenvalue weighted by atomic mass is 32.1. The van der Waals surface area contributed by atoms with E-state index in [2.05, 4.69) is 11.9 Å². The lowest BCUT2D eigenvalue weighted by molar-refractivity contribution is 0.664. The fourth-order valence-electron chi connectivity index (χ4n) is 1.35. The zero-order valence-electron chi connectivity index (χ0n) is 7.88. The standard InChI is InChI=1S/C9H11N3OS/c1-2-11-7-10-5-8(11)6-12-3-4-14-9(12)13/h3-5,7H,2,6H2,1H3. The van der Waals surface area contributed by atoms with Crippen molar-refractivity contribution in [1.29, 1.82) is 0 Å². The van der Waals surface area contributed by atoms with Crippen LogP contribution < -0.4 is 4.87 Å². The van der Waals surface area contributed by atoms with Crippen molar-refractivity contribution in [2.24, 2.45) is 0 Å². The van der Waals surface area contributed by atoms with Crippen molar-refractivity contribution in [3.63, 3.8) is 0 Å². The Bertz CT molecular complexity index is 468. The average molecular weight is 209 g/mol. The number of aromatic nitrogens is 3. The van der Waals surface area contributed by atoms with Crippen molar-refractivity contribution in [1.82, 2.24) is 14.1 Å². The second-order valence-electron chi connectivity index (χ2n) is 2.97. The Kier molecular flexibility index (Phi) is 2.49. The van der Waals surface area contributed by atoms with Crippen molar-refractivity contribution >= 4 is 11.3 Å². The first-order chi connectivity index (χ1) is 6.81. The van der Waals surface area contributed by atoms with Gasteiger partial charge in [0.25, 0.3) is 0 Å². The molecule has 0 N–H and O–H groups in total. The Morgan fingerprint density at radius 3 is 3.00 bits per heavy atom. The molecule has 14 heavy (non-hydrogen) atoms. The van der Waals surface area contributed by atoms with Gasteiger partial charge in [0.15, 0.2) is 0 Å². The van der Waals surface area contributed by atoms with E-state index in [0.717, 1.165) is 12.2 Å². The van der Waals surface area contributed by atoms with E-state index in [1.54, 1.807) is 28.7 Å². The van der Waals surface area contributed by atoms with E-state index in [-0.39, 0.29) is 4.87 Å². The van der Waals surface area contributed by atoms with E-state index in [1.807, 2.05) is 4.57 Å². The molecule has 0 aromatic carbocycles. The Balaban J connectivity index is 2.27. The monoisotopic (exact) mass is 209 g/mol. The highest BCUT2D eigenvalue weighted by Gasteiger charge is 2.02. The van der Waals surface area contributed by atoms with Crippen LogP contribution in [0.25, 0.3) is 0 Å². The largest absolute Gasteiger partial charge is 0.333 e. The van der Waals surface area contributed by atoms with Crippen molar-refractivity contribution < 1.29 is 0 Å². The summed E-state index contributed by atoms with van der Waals surface area (Å²) in [5.41, 5.74) is 1.06. The second-order valence-corrected chi connectivity index (χ2v) is 3.82. The molecule has 74 valence electrons. The molecule has 0 bridgehead atoms. The van der Waals surface area contributed by atoms with Crippen LogP contribution in [0.5, 0.6) is 0 Å². The summed E-state index contributed by atoms with van der Waals surface area (Å²) in [4.78, 5) is 15.4. The van der Waals surface area contributed by atoms with Gasteiger partial charge < -0.3 is 4.57 Å². The van der Waals surface area contributed by atoms with Gasteiger partial charge in [-0.3, -0.25) is 9.36 Å². The highest BCUT2D eigenvalue weighted by molar-refractivity contribution is 7.07. The van der Waals surface area contributed by atoms with Gasteiger partial charge in [0.05, 0.1) is 18.6 Å². The highest BCUT2D eigenvalue weighted by Crippen LogP contribution is 2.01. The van der Waals surface area contributed by atoms with E-state index >= 15 is 0 Å². The first-order valence-electron chi connectivity index (χ1n) is 4.44. The minimum absolute atomic E-state index is 0.0776. The summed E-state index contributed by atoms with van der Waals surface area (Å²) in [6.45, 7) is 3.55. The van der Waals surface area contributed by atoms with Gasteiger partial charge in [-0.2, -0.15) is 0 Å². The smallest absolute Gasteiger partial charge is 0.307 e. The van der Waals surface area contributed by atoms with Crippen LogP contribution in [0.2, 0.25) is 0 Å². The lowest BCUT2D eigenvalue weighted by atomic mass is 10.4. The van der Waals surface area contributed by atoms with E-state index < -0.39 is 0 Å². The van der Waals surface area contributed by atoms with Gasteiger partial charge in [0.1, 0.15) is 0 Å². The molecule has 0 aliphatic heterocycles. The third-order valence-electron chi connectivity index (χ3n) is 2.12. The van der Waals surface area contributed by atoms with Gasteiger partial charge in [-0.25, -0.2) is 4.98 Å². The number of nitrogens with zero attached hydrogens (tertiary/aromatic N) is 3. The topological polar surface area (TPSA) is 39.8 Å². The molecule has 0 aliphatic carbocycles. The minimum atomic E-state index is 0.0776. The number of rotatable bonds is 3. The predicted octanol–water partition coefficient (Wildman–Crippen LogP) is 1.17. The summed E-state index contributed by atoms with van der Waals surface area (Å²) in [5.74, 6) is 0. The molecule has 4 nitrogen and oxygen atoms in total. The summed E-state index contributed by atoms with van der Waals surface area (Å²) >= 11 is 1.22. The zero-order chi connectivity index (χ0) is 9.97. The number of hydrogen-bond acceptors (Lipinski definition) is 3.